The maximum atomic E-state index is 12.5. The molecule has 0 bridgehead atoms. The Hall–Kier alpha value is -4.63. The molecule has 0 radical (unpaired) electrons. The average Bonchev–Trinajstić information content (AvgIpc) is 3.07. The van der Waals surface area contributed by atoms with Gasteiger partial charge in [0.25, 0.3) is 0 Å². The van der Waals surface area contributed by atoms with Crippen molar-refractivity contribution < 1.29 is 33.3 Å². The lowest BCUT2D eigenvalue weighted by Gasteiger charge is -2.35. The number of benzene rings is 3. The van der Waals surface area contributed by atoms with Gasteiger partial charge >= 0.3 is 18.0 Å². The fraction of sp³-hybridized carbons (Fsp3) is 0.425. The van der Waals surface area contributed by atoms with Gasteiger partial charge in [0.1, 0.15) is 23.7 Å². The van der Waals surface area contributed by atoms with Crippen molar-refractivity contribution in [3.63, 3.8) is 0 Å². The van der Waals surface area contributed by atoms with E-state index in [-0.39, 0.29) is 24.5 Å². The zero-order valence-electron chi connectivity index (χ0n) is 29.9. The summed E-state index contributed by atoms with van der Waals surface area (Å²) in [4.78, 5) is 41.2. The van der Waals surface area contributed by atoms with Crippen molar-refractivity contribution in [1.82, 2.24) is 9.80 Å². The predicted molar refractivity (Wildman–Crippen MR) is 191 cm³/mol. The number of methoxy groups -OCH3 is 1. The van der Waals surface area contributed by atoms with Gasteiger partial charge in [-0.2, -0.15) is 0 Å². The molecule has 1 aliphatic heterocycles. The van der Waals surface area contributed by atoms with E-state index >= 15 is 0 Å². The van der Waals surface area contributed by atoms with Crippen LogP contribution in [0.4, 0.5) is 4.79 Å². The van der Waals surface area contributed by atoms with Gasteiger partial charge < -0.3 is 23.8 Å². The van der Waals surface area contributed by atoms with E-state index in [2.05, 4.69) is 4.90 Å². The third kappa shape index (κ3) is 11.2. The minimum Gasteiger partial charge on any atom is -0.492 e. The molecule has 1 amide bonds. The summed E-state index contributed by atoms with van der Waals surface area (Å²) in [6.07, 6.45) is 0.419. The number of piperazine rings is 1. The van der Waals surface area contributed by atoms with Gasteiger partial charge in [-0.25, -0.2) is 4.79 Å². The molecule has 0 aliphatic carbocycles. The summed E-state index contributed by atoms with van der Waals surface area (Å²) in [6, 6.07) is 25.4. The minimum absolute atomic E-state index is 0.221. The molecule has 1 heterocycles. The van der Waals surface area contributed by atoms with E-state index in [1.165, 1.54) is 7.11 Å². The Balaban J connectivity index is 1.52. The normalized spacial score (nSPS) is 14.5. The highest BCUT2D eigenvalue weighted by Gasteiger charge is 2.26. The first-order valence-electron chi connectivity index (χ1n) is 16.8. The Morgan fingerprint density at radius 1 is 0.694 bits per heavy atom. The summed E-state index contributed by atoms with van der Waals surface area (Å²) in [5.74, 6) is 0.620. The molecule has 0 atom stereocenters. The van der Waals surface area contributed by atoms with Crippen molar-refractivity contribution in [2.45, 2.75) is 60.0 Å². The molecule has 3 aromatic rings. The first-order valence-corrected chi connectivity index (χ1v) is 16.8. The number of hydrogen-bond acceptors (Lipinski definition) is 8. The summed E-state index contributed by atoms with van der Waals surface area (Å²) in [7, 11) is 1.40. The lowest BCUT2D eigenvalue weighted by Crippen LogP contribution is -2.50. The highest BCUT2D eigenvalue weighted by molar-refractivity contribution is 5.99. The summed E-state index contributed by atoms with van der Waals surface area (Å²) < 4.78 is 22.3. The minimum atomic E-state index is -0.626. The number of allylic oxidation sites excluding steroid dienone is 1. The van der Waals surface area contributed by atoms with Gasteiger partial charge in [-0.1, -0.05) is 54.6 Å². The van der Waals surface area contributed by atoms with E-state index in [4.69, 9.17) is 18.9 Å². The third-order valence-corrected chi connectivity index (χ3v) is 8.04. The second-order valence-electron chi connectivity index (χ2n) is 14.1. The Kier molecular flexibility index (Phi) is 12.6. The van der Waals surface area contributed by atoms with Crippen LogP contribution in [-0.4, -0.2) is 79.9 Å². The Morgan fingerprint density at radius 3 is 1.80 bits per heavy atom. The lowest BCUT2D eigenvalue weighted by molar-refractivity contribution is -0.143. The maximum Gasteiger partial charge on any atom is 0.410 e. The van der Waals surface area contributed by atoms with Crippen LogP contribution >= 0.6 is 0 Å². The highest BCUT2D eigenvalue weighted by Crippen LogP contribution is 2.37. The average molecular weight is 671 g/mol. The van der Waals surface area contributed by atoms with Gasteiger partial charge in [0, 0.05) is 39.1 Å². The summed E-state index contributed by atoms with van der Waals surface area (Å²) >= 11 is 0. The largest absolute Gasteiger partial charge is 0.492 e. The second-order valence-corrected chi connectivity index (χ2v) is 14.1. The van der Waals surface area contributed by atoms with Crippen LogP contribution in [0.15, 0.2) is 78.9 Å². The van der Waals surface area contributed by atoms with Gasteiger partial charge in [0.2, 0.25) is 0 Å². The molecule has 1 fully saturated rings. The number of hydrogen-bond donors (Lipinski definition) is 0. The molecule has 0 unspecified atom stereocenters. The molecule has 1 aliphatic rings. The fourth-order valence-electron chi connectivity index (χ4n) is 5.34. The van der Waals surface area contributed by atoms with Crippen LogP contribution in [-0.2, 0) is 19.1 Å². The molecule has 0 spiro atoms. The summed E-state index contributed by atoms with van der Waals surface area (Å²) in [6.45, 7) is 15.1. The molecular weight excluding hydrogens is 620 g/mol. The van der Waals surface area contributed by atoms with E-state index in [0.717, 1.165) is 53.2 Å². The van der Waals surface area contributed by atoms with Crippen LogP contribution in [0.25, 0.3) is 11.1 Å². The molecule has 49 heavy (non-hydrogen) atoms. The maximum absolute atomic E-state index is 12.5. The van der Waals surface area contributed by atoms with Crippen molar-refractivity contribution in [2.75, 3.05) is 46.4 Å². The number of nitrogens with zero attached hydrogens (tertiary/aromatic N) is 2. The van der Waals surface area contributed by atoms with Crippen molar-refractivity contribution >= 4 is 29.2 Å². The van der Waals surface area contributed by atoms with Crippen LogP contribution in [0.3, 0.4) is 0 Å². The molecule has 0 N–H and O–H groups in total. The molecule has 4 rings (SSSR count). The van der Waals surface area contributed by atoms with Crippen LogP contribution in [0.2, 0.25) is 0 Å². The summed E-state index contributed by atoms with van der Waals surface area (Å²) in [5.41, 5.74) is 3.68. The number of esters is 2. The first-order chi connectivity index (χ1) is 23.2. The highest BCUT2D eigenvalue weighted by atomic mass is 16.6. The monoisotopic (exact) mass is 670 g/mol. The van der Waals surface area contributed by atoms with Crippen LogP contribution in [0, 0.1) is 5.41 Å². The molecule has 1 saturated heterocycles. The van der Waals surface area contributed by atoms with Crippen molar-refractivity contribution in [3.8, 4) is 11.5 Å². The van der Waals surface area contributed by atoms with Crippen LogP contribution in [0.1, 0.15) is 71.1 Å². The first kappa shape index (κ1) is 37.2. The van der Waals surface area contributed by atoms with Crippen molar-refractivity contribution in [2.24, 2.45) is 5.41 Å². The van der Waals surface area contributed by atoms with Gasteiger partial charge in [0.15, 0.2) is 0 Å². The summed E-state index contributed by atoms with van der Waals surface area (Å²) in [5, 5.41) is 0. The third-order valence-electron chi connectivity index (χ3n) is 8.04. The predicted octanol–water partition coefficient (Wildman–Crippen LogP) is 7.48. The fourth-order valence-corrected chi connectivity index (χ4v) is 5.34. The topological polar surface area (TPSA) is 94.6 Å². The van der Waals surface area contributed by atoms with Crippen molar-refractivity contribution in [1.29, 1.82) is 0 Å². The smallest absolute Gasteiger partial charge is 0.410 e. The van der Waals surface area contributed by atoms with Gasteiger partial charge in [-0.05, 0) is 100 Å². The lowest BCUT2D eigenvalue weighted by atomic mass is 9.87. The molecule has 3 aromatic carbocycles. The molecule has 262 valence electrons. The second kappa shape index (κ2) is 16.7. The van der Waals surface area contributed by atoms with Gasteiger partial charge in [-0.15, -0.1) is 0 Å². The number of rotatable bonds is 11. The zero-order valence-corrected chi connectivity index (χ0v) is 29.9. The van der Waals surface area contributed by atoms with Crippen molar-refractivity contribution in [3.05, 3.63) is 95.6 Å². The van der Waals surface area contributed by atoms with Crippen LogP contribution in [0.5, 0.6) is 11.5 Å². The Bertz CT molecular complexity index is 1580. The number of ether oxygens (including phenoxy) is 4. The number of carbonyl (C=O) groups is 3. The number of carbonyl (C=O) groups excluding carboxylic acids is 3. The van der Waals surface area contributed by atoms with Gasteiger partial charge in [0.05, 0.1) is 12.5 Å². The van der Waals surface area contributed by atoms with E-state index in [1.54, 1.807) is 17.0 Å². The standard InChI is InChI=1S/C40H50N2O7/c1-39(2,3)37(44)48-33-19-15-31(16-20-33)36(34(21-22-35(43)46-7)29-11-9-8-10-12-29)30-13-17-32(18-14-30)47-28-27-41-23-25-42(26-24-41)38(45)49-40(4,5)6/h8-20H,21-28H2,1-7H3. The molecular formula is C40H50N2O7. The SMILES string of the molecule is COC(=O)CCC(=C(c1ccc(OCCN2CCN(C(=O)OC(C)(C)C)CC2)cc1)c1ccc(OC(=O)C(C)(C)C)cc1)c1ccccc1. The van der Waals surface area contributed by atoms with E-state index in [1.807, 2.05) is 108 Å². The van der Waals surface area contributed by atoms with Gasteiger partial charge in [-0.3, -0.25) is 14.5 Å². The number of amides is 1. The molecule has 0 saturated carbocycles. The van der Waals surface area contributed by atoms with E-state index in [0.29, 0.717) is 31.9 Å². The van der Waals surface area contributed by atoms with E-state index in [9.17, 15) is 14.4 Å². The quantitative estimate of drug-likeness (QED) is 0.118. The molecule has 0 aromatic heterocycles. The van der Waals surface area contributed by atoms with E-state index < -0.39 is 11.0 Å². The molecule has 9 heteroatoms. The Morgan fingerprint density at radius 2 is 1.27 bits per heavy atom. The van der Waals surface area contributed by atoms with Crippen LogP contribution < -0.4 is 9.47 Å². The molecule has 9 nitrogen and oxygen atoms in total. The zero-order chi connectivity index (χ0) is 35.6. The Labute approximate surface area is 290 Å².